The maximum atomic E-state index is 12.5. The van der Waals surface area contributed by atoms with Crippen LogP contribution in [-0.4, -0.2) is 29.8 Å². The fraction of sp³-hybridized carbons (Fsp3) is 0.263. The van der Waals surface area contributed by atoms with Gasteiger partial charge in [-0.05, 0) is 43.2 Å². The van der Waals surface area contributed by atoms with Crippen molar-refractivity contribution in [3.63, 3.8) is 0 Å². The van der Waals surface area contributed by atoms with Crippen LogP contribution in [0.4, 0.5) is 5.69 Å². The van der Waals surface area contributed by atoms with Gasteiger partial charge in [-0.25, -0.2) is 0 Å². The SMILES string of the molecule is O=C(Nc1ccccc1)C1CCN(C(=O)c2cccc(Br)c2)CC1. The number of para-hydroxylation sites is 1. The van der Waals surface area contributed by atoms with Crippen molar-refractivity contribution < 1.29 is 9.59 Å². The summed E-state index contributed by atoms with van der Waals surface area (Å²) in [6, 6.07) is 16.9. The van der Waals surface area contributed by atoms with Gasteiger partial charge in [0.2, 0.25) is 5.91 Å². The molecule has 2 amide bonds. The second-order valence-electron chi connectivity index (χ2n) is 5.93. The molecule has 1 aliphatic heterocycles. The van der Waals surface area contributed by atoms with Crippen LogP contribution in [0.3, 0.4) is 0 Å². The van der Waals surface area contributed by atoms with Crippen molar-refractivity contribution in [1.82, 2.24) is 4.90 Å². The van der Waals surface area contributed by atoms with Gasteiger partial charge in [0.15, 0.2) is 0 Å². The molecule has 1 saturated heterocycles. The molecular formula is C19H19BrN2O2. The van der Waals surface area contributed by atoms with E-state index in [1.54, 1.807) is 0 Å². The zero-order valence-electron chi connectivity index (χ0n) is 13.2. The van der Waals surface area contributed by atoms with Crippen LogP contribution in [0.15, 0.2) is 59.1 Å². The largest absolute Gasteiger partial charge is 0.339 e. The summed E-state index contributed by atoms with van der Waals surface area (Å²) in [5.41, 5.74) is 1.49. The van der Waals surface area contributed by atoms with E-state index in [0.717, 1.165) is 10.2 Å². The Kier molecular flexibility index (Phi) is 5.30. The molecule has 1 aliphatic rings. The van der Waals surface area contributed by atoms with E-state index in [4.69, 9.17) is 0 Å². The Bertz CT molecular complexity index is 725. The summed E-state index contributed by atoms with van der Waals surface area (Å²) >= 11 is 3.39. The average molecular weight is 387 g/mol. The van der Waals surface area contributed by atoms with Crippen LogP contribution >= 0.6 is 15.9 Å². The first-order valence-corrected chi connectivity index (χ1v) is 8.83. The highest BCUT2D eigenvalue weighted by molar-refractivity contribution is 9.10. The molecule has 2 aromatic rings. The summed E-state index contributed by atoms with van der Waals surface area (Å²) in [7, 11) is 0. The van der Waals surface area contributed by atoms with E-state index in [9.17, 15) is 9.59 Å². The standard InChI is InChI=1S/C19H19BrN2O2/c20-16-6-4-5-15(13-16)19(24)22-11-9-14(10-12-22)18(23)21-17-7-2-1-3-8-17/h1-8,13-14H,9-12H2,(H,21,23). The minimum Gasteiger partial charge on any atom is -0.339 e. The first-order valence-electron chi connectivity index (χ1n) is 8.04. The lowest BCUT2D eigenvalue weighted by atomic mass is 9.95. The fourth-order valence-electron chi connectivity index (χ4n) is 2.91. The van der Waals surface area contributed by atoms with Crippen LogP contribution in [0.5, 0.6) is 0 Å². The highest BCUT2D eigenvalue weighted by Crippen LogP contribution is 2.22. The van der Waals surface area contributed by atoms with Gasteiger partial charge in [0.25, 0.3) is 5.91 Å². The lowest BCUT2D eigenvalue weighted by Crippen LogP contribution is -2.41. The summed E-state index contributed by atoms with van der Waals surface area (Å²) in [5, 5.41) is 2.95. The molecule has 0 spiro atoms. The van der Waals surface area contributed by atoms with Crippen molar-refractivity contribution in [3.8, 4) is 0 Å². The number of carbonyl (C=O) groups excluding carboxylic acids is 2. The topological polar surface area (TPSA) is 49.4 Å². The third-order valence-electron chi connectivity index (χ3n) is 4.27. The zero-order valence-corrected chi connectivity index (χ0v) is 14.8. The van der Waals surface area contributed by atoms with E-state index < -0.39 is 0 Å². The van der Waals surface area contributed by atoms with Crippen LogP contribution in [0, 0.1) is 5.92 Å². The smallest absolute Gasteiger partial charge is 0.253 e. The number of likely N-dealkylation sites (tertiary alicyclic amines) is 1. The summed E-state index contributed by atoms with van der Waals surface area (Å²) < 4.78 is 0.894. The van der Waals surface area contributed by atoms with Crippen LogP contribution in [0.25, 0.3) is 0 Å². The van der Waals surface area contributed by atoms with Crippen LogP contribution < -0.4 is 5.32 Å². The summed E-state index contributed by atoms with van der Waals surface area (Å²) in [5.74, 6) is 0.0192. The number of hydrogen-bond donors (Lipinski definition) is 1. The van der Waals surface area contributed by atoms with Crippen molar-refractivity contribution in [2.75, 3.05) is 18.4 Å². The number of amides is 2. The second kappa shape index (κ2) is 7.62. The molecule has 0 unspecified atom stereocenters. The predicted octanol–water partition coefficient (Wildman–Crippen LogP) is 3.94. The molecule has 1 N–H and O–H groups in total. The Morgan fingerprint density at radius 1 is 1.00 bits per heavy atom. The lowest BCUT2D eigenvalue weighted by molar-refractivity contribution is -0.121. The van der Waals surface area contributed by atoms with Gasteiger partial charge in [0, 0.05) is 34.7 Å². The molecule has 3 rings (SSSR count). The van der Waals surface area contributed by atoms with Gasteiger partial charge >= 0.3 is 0 Å². The van der Waals surface area contributed by atoms with Gasteiger partial charge in [-0.15, -0.1) is 0 Å². The molecule has 24 heavy (non-hydrogen) atoms. The van der Waals surface area contributed by atoms with E-state index in [1.165, 1.54) is 0 Å². The van der Waals surface area contributed by atoms with E-state index in [1.807, 2.05) is 59.5 Å². The lowest BCUT2D eigenvalue weighted by Gasteiger charge is -2.31. The van der Waals surface area contributed by atoms with Crippen molar-refractivity contribution in [2.24, 2.45) is 5.92 Å². The summed E-state index contributed by atoms with van der Waals surface area (Å²) in [6.07, 6.45) is 1.39. The van der Waals surface area contributed by atoms with Crippen LogP contribution in [0.1, 0.15) is 23.2 Å². The Balaban J connectivity index is 1.55. The minimum atomic E-state index is -0.0447. The second-order valence-corrected chi connectivity index (χ2v) is 6.85. The number of benzene rings is 2. The summed E-state index contributed by atoms with van der Waals surface area (Å²) in [4.78, 5) is 26.7. The van der Waals surface area contributed by atoms with Gasteiger partial charge in [-0.2, -0.15) is 0 Å². The molecule has 0 radical (unpaired) electrons. The molecule has 0 aliphatic carbocycles. The highest BCUT2D eigenvalue weighted by Gasteiger charge is 2.27. The normalized spacial score (nSPS) is 15.1. The molecule has 0 saturated carbocycles. The Hall–Kier alpha value is -2.14. The molecule has 1 heterocycles. The van der Waals surface area contributed by atoms with Crippen molar-refractivity contribution >= 4 is 33.4 Å². The number of hydrogen-bond acceptors (Lipinski definition) is 2. The van der Waals surface area contributed by atoms with Gasteiger partial charge < -0.3 is 10.2 Å². The number of halogens is 1. The average Bonchev–Trinajstić information content (AvgIpc) is 2.62. The van der Waals surface area contributed by atoms with Gasteiger partial charge in [0.1, 0.15) is 0 Å². The van der Waals surface area contributed by atoms with Gasteiger partial charge in [-0.1, -0.05) is 40.2 Å². The number of nitrogens with one attached hydrogen (secondary N) is 1. The monoisotopic (exact) mass is 386 g/mol. The van der Waals surface area contributed by atoms with Crippen LogP contribution in [0.2, 0.25) is 0 Å². The van der Waals surface area contributed by atoms with E-state index in [-0.39, 0.29) is 17.7 Å². The number of carbonyl (C=O) groups is 2. The van der Waals surface area contributed by atoms with Gasteiger partial charge in [-0.3, -0.25) is 9.59 Å². The molecule has 1 fully saturated rings. The van der Waals surface area contributed by atoms with Crippen LogP contribution in [-0.2, 0) is 4.79 Å². The summed E-state index contributed by atoms with van der Waals surface area (Å²) in [6.45, 7) is 1.22. The van der Waals surface area contributed by atoms with Crippen molar-refractivity contribution in [3.05, 3.63) is 64.6 Å². The molecule has 0 aromatic heterocycles. The molecule has 4 nitrogen and oxygen atoms in total. The molecule has 2 aromatic carbocycles. The predicted molar refractivity (Wildman–Crippen MR) is 97.8 cm³/mol. The van der Waals surface area contributed by atoms with E-state index in [0.29, 0.717) is 31.5 Å². The number of nitrogens with zero attached hydrogens (tertiary/aromatic N) is 1. The first kappa shape index (κ1) is 16.7. The van der Waals surface area contributed by atoms with E-state index >= 15 is 0 Å². The molecule has 5 heteroatoms. The number of rotatable bonds is 3. The Morgan fingerprint density at radius 3 is 2.38 bits per heavy atom. The fourth-order valence-corrected chi connectivity index (χ4v) is 3.31. The Labute approximate surface area is 150 Å². The zero-order chi connectivity index (χ0) is 16.9. The maximum absolute atomic E-state index is 12.5. The molecule has 0 atom stereocenters. The van der Waals surface area contributed by atoms with Crippen molar-refractivity contribution in [2.45, 2.75) is 12.8 Å². The number of anilines is 1. The third-order valence-corrected chi connectivity index (χ3v) is 4.76. The first-order chi connectivity index (χ1) is 11.6. The molecule has 0 bridgehead atoms. The highest BCUT2D eigenvalue weighted by atomic mass is 79.9. The molecular weight excluding hydrogens is 368 g/mol. The maximum Gasteiger partial charge on any atom is 0.253 e. The molecule has 124 valence electrons. The third kappa shape index (κ3) is 4.03. The van der Waals surface area contributed by atoms with Crippen molar-refractivity contribution in [1.29, 1.82) is 0 Å². The quantitative estimate of drug-likeness (QED) is 0.868. The van der Waals surface area contributed by atoms with Gasteiger partial charge in [0.05, 0.1) is 0 Å². The number of piperidine rings is 1. The minimum absolute atomic E-state index is 0.0261. The Morgan fingerprint density at radius 2 is 1.71 bits per heavy atom. The van der Waals surface area contributed by atoms with E-state index in [2.05, 4.69) is 21.2 Å².